The molecule has 0 bridgehead atoms. The lowest BCUT2D eigenvalue weighted by atomic mass is 9.87. The van der Waals surface area contributed by atoms with Crippen LogP contribution in [0.3, 0.4) is 0 Å². The normalized spacial score (nSPS) is 20.0. The Morgan fingerprint density at radius 2 is 2.12 bits per heavy atom. The molecule has 1 aromatic carbocycles. The van der Waals surface area contributed by atoms with Crippen molar-refractivity contribution in [2.24, 2.45) is 5.92 Å². The fraction of sp³-hybridized carbons (Fsp3) is 0.381. The van der Waals surface area contributed by atoms with E-state index in [1.807, 2.05) is 23.9 Å². The van der Waals surface area contributed by atoms with Crippen LogP contribution in [0.2, 0.25) is 5.02 Å². The van der Waals surface area contributed by atoms with Gasteiger partial charge in [-0.05, 0) is 48.9 Å². The number of hydrogen-bond donors (Lipinski definition) is 3. The van der Waals surface area contributed by atoms with E-state index >= 15 is 0 Å². The molecule has 0 spiro atoms. The SMILES string of the molecule is O=C(C1CCc2c(sc3ncnc(Nc4cc5c(cc4Cl)NNS5)c23)C1)N1CCSCC1. The minimum Gasteiger partial charge on any atom is -0.341 e. The van der Waals surface area contributed by atoms with Gasteiger partial charge in [0, 0.05) is 35.4 Å². The maximum absolute atomic E-state index is 13.1. The number of thiophene rings is 1. The van der Waals surface area contributed by atoms with Crippen LogP contribution in [0.1, 0.15) is 16.9 Å². The summed E-state index contributed by atoms with van der Waals surface area (Å²) in [6.45, 7) is 1.76. The summed E-state index contributed by atoms with van der Waals surface area (Å²) >= 11 is 11.7. The molecule has 3 aliphatic rings. The maximum Gasteiger partial charge on any atom is 0.226 e. The number of benzene rings is 1. The summed E-state index contributed by atoms with van der Waals surface area (Å²) in [5.41, 5.74) is 6.14. The van der Waals surface area contributed by atoms with Gasteiger partial charge in [-0.25, -0.2) is 9.97 Å². The lowest BCUT2D eigenvalue weighted by Gasteiger charge is -2.31. The van der Waals surface area contributed by atoms with Crippen molar-refractivity contribution >= 4 is 80.0 Å². The molecule has 0 saturated carbocycles. The third-order valence-corrected chi connectivity index (χ3v) is 9.37. The Morgan fingerprint density at radius 1 is 1.25 bits per heavy atom. The zero-order valence-electron chi connectivity index (χ0n) is 17.1. The second-order valence-electron chi connectivity index (χ2n) is 8.07. The Labute approximate surface area is 203 Å². The monoisotopic (exact) mass is 504 g/mol. The number of carbonyl (C=O) groups excluding carboxylic acids is 1. The number of thioether (sulfide) groups is 1. The number of amides is 1. The Morgan fingerprint density at radius 3 is 3.00 bits per heavy atom. The van der Waals surface area contributed by atoms with E-state index in [4.69, 9.17) is 11.6 Å². The molecule has 2 aliphatic heterocycles. The first-order valence-corrected chi connectivity index (χ1v) is 13.7. The first kappa shape index (κ1) is 20.9. The third kappa shape index (κ3) is 3.71. The van der Waals surface area contributed by atoms with Crippen LogP contribution in [0.25, 0.3) is 10.2 Å². The van der Waals surface area contributed by atoms with E-state index in [1.165, 1.54) is 22.4 Å². The molecular weight excluding hydrogens is 484 g/mol. The van der Waals surface area contributed by atoms with Gasteiger partial charge < -0.3 is 15.6 Å². The fourth-order valence-electron chi connectivity index (χ4n) is 4.55. The topological polar surface area (TPSA) is 82.2 Å². The highest BCUT2D eigenvalue weighted by Crippen LogP contribution is 2.43. The maximum atomic E-state index is 13.1. The number of hydrazine groups is 1. The number of aromatic nitrogens is 2. The van der Waals surface area contributed by atoms with E-state index < -0.39 is 0 Å². The van der Waals surface area contributed by atoms with Crippen molar-refractivity contribution in [3.63, 3.8) is 0 Å². The third-order valence-electron chi connectivity index (χ3n) is 6.19. The molecular formula is C21H21ClN6OS3. The van der Waals surface area contributed by atoms with Gasteiger partial charge in [0.2, 0.25) is 5.91 Å². The summed E-state index contributed by atoms with van der Waals surface area (Å²) in [4.78, 5) is 30.6. The average molecular weight is 505 g/mol. The fourth-order valence-corrected chi connectivity index (χ4v) is 7.60. The van der Waals surface area contributed by atoms with E-state index in [9.17, 15) is 4.79 Å². The summed E-state index contributed by atoms with van der Waals surface area (Å²) in [6.07, 6.45) is 4.15. The van der Waals surface area contributed by atoms with E-state index in [0.717, 1.165) is 76.2 Å². The van der Waals surface area contributed by atoms with E-state index in [0.29, 0.717) is 10.9 Å². The number of nitrogens with one attached hydrogen (secondary N) is 3. The largest absolute Gasteiger partial charge is 0.341 e. The quantitative estimate of drug-likeness (QED) is 0.442. The van der Waals surface area contributed by atoms with Gasteiger partial charge in [0.25, 0.3) is 0 Å². The van der Waals surface area contributed by atoms with Gasteiger partial charge in [-0.3, -0.25) is 4.79 Å². The van der Waals surface area contributed by atoms with Crippen LogP contribution >= 0.6 is 46.6 Å². The van der Waals surface area contributed by atoms with E-state index in [1.54, 1.807) is 17.7 Å². The summed E-state index contributed by atoms with van der Waals surface area (Å²) in [6, 6.07) is 3.93. The van der Waals surface area contributed by atoms with Crippen molar-refractivity contribution in [1.29, 1.82) is 0 Å². The Bertz CT molecular complexity index is 1210. The van der Waals surface area contributed by atoms with Gasteiger partial charge in [0.05, 0.1) is 26.7 Å². The lowest BCUT2D eigenvalue weighted by molar-refractivity contribution is -0.135. The van der Waals surface area contributed by atoms with Crippen LogP contribution < -0.4 is 15.6 Å². The molecule has 4 heterocycles. The van der Waals surface area contributed by atoms with Crippen LogP contribution in [0.4, 0.5) is 17.2 Å². The molecule has 1 unspecified atom stereocenters. The zero-order valence-corrected chi connectivity index (χ0v) is 20.3. The smallest absolute Gasteiger partial charge is 0.226 e. The molecule has 1 fully saturated rings. The Kier molecular flexibility index (Phi) is 5.58. The molecule has 1 amide bonds. The van der Waals surface area contributed by atoms with Crippen LogP contribution in [0.5, 0.6) is 0 Å². The Hall–Kier alpha value is -1.72. The molecule has 3 aromatic rings. The number of halogens is 1. The second-order valence-corrected chi connectivity index (χ2v) is 11.6. The van der Waals surface area contributed by atoms with Crippen molar-refractivity contribution in [2.45, 2.75) is 24.2 Å². The van der Waals surface area contributed by atoms with Gasteiger partial charge >= 0.3 is 0 Å². The number of rotatable bonds is 3. The molecule has 6 rings (SSSR count). The van der Waals surface area contributed by atoms with Crippen molar-refractivity contribution in [2.75, 3.05) is 35.3 Å². The summed E-state index contributed by atoms with van der Waals surface area (Å²) < 4.78 is 0. The van der Waals surface area contributed by atoms with Crippen molar-refractivity contribution in [1.82, 2.24) is 19.7 Å². The molecule has 166 valence electrons. The first-order chi connectivity index (χ1) is 15.7. The highest BCUT2D eigenvalue weighted by atomic mass is 35.5. The number of aryl methyl sites for hydroxylation is 1. The van der Waals surface area contributed by atoms with Crippen molar-refractivity contribution in [3.8, 4) is 0 Å². The van der Waals surface area contributed by atoms with E-state index in [-0.39, 0.29) is 5.92 Å². The number of fused-ring (bicyclic) bond motifs is 4. The first-order valence-electron chi connectivity index (χ1n) is 10.6. The molecule has 7 nitrogen and oxygen atoms in total. The minimum absolute atomic E-state index is 0.0752. The molecule has 32 heavy (non-hydrogen) atoms. The van der Waals surface area contributed by atoms with E-state index in [2.05, 4.69) is 30.4 Å². The summed E-state index contributed by atoms with van der Waals surface area (Å²) in [5.74, 6) is 3.27. The Balaban J connectivity index is 1.30. The molecule has 1 atom stereocenters. The number of nitrogens with zero attached hydrogens (tertiary/aromatic N) is 3. The average Bonchev–Trinajstić information content (AvgIpc) is 3.43. The molecule has 0 radical (unpaired) electrons. The lowest BCUT2D eigenvalue weighted by Crippen LogP contribution is -2.42. The van der Waals surface area contributed by atoms with Crippen LogP contribution in [0.15, 0.2) is 23.4 Å². The zero-order chi connectivity index (χ0) is 21.7. The van der Waals surface area contributed by atoms with Gasteiger partial charge in [0.1, 0.15) is 17.0 Å². The highest BCUT2D eigenvalue weighted by Gasteiger charge is 2.32. The molecule has 11 heteroatoms. The summed E-state index contributed by atoms with van der Waals surface area (Å²) in [7, 11) is 0. The molecule has 1 aliphatic carbocycles. The minimum atomic E-state index is 0.0752. The van der Waals surface area contributed by atoms with Gasteiger partial charge in [-0.2, -0.15) is 16.6 Å². The summed E-state index contributed by atoms with van der Waals surface area (Å²) in [5, 5.41) is 5.13. The van der Waals surface area contributed by atoms with Crippen molar-refractivity contribution < 1.29 is 4.79 Å². The predicted octanol–water partition coefficient (Wildman–Crippen LogP) is 4.71. The molecule has 2 aromatic heterocycles. The van der Waals surface area contributed by atoms with Crippen LogP contribution in [-0.2, 0) is 17.6 Å². The van der Waals surface area contributed by atoms with Crippen LogP contribution in [0, 0.1) is 5.92 Å². The van der Waals surface area contributed by atoms with Gasteiger partial charge in [0.15, 0.2) is 0 Å². The number of anilines is 3. The molecule has 3 N–H and O–H groups in total. The van der Waals surface area contributed by atoms with Crippen LogP contribution in [-0.4, -0.2) is 45.4 Å². The van der Waals surface area contributed by atoms with Gasteiger partial charge in [-0.1, -0.05) is 11.6 Å². The molecule has 1 saturated heterocycles. The second kappa shape index (κ2) is 8.57. The predicted molar refractivity (Wildman–Crippen MR) is 134 cm³/mol. The van der Waals surface area contributed by atoms with Crippen molar-refractivity contribution in [3.05, 3.63) is 33.9 Å². The van der Waals surface area contributed by atoms with Gasteiger partial charge in [-0.15, -0.1) is 11.3 Å². The number of carbonyl (C=O) groups is 1. The standard InChI is InChI=1S/C21H21ClN6OS3/c22-13-8-15-17(32-27-26-15)9-14(13)25-19-18-12-2-1-11(21(29)28-3-5-30-6-4-28)7-16(12)31-20(18)24-10-23-19/h8-11,26-27H,1-7H2,(H,23,24,25). The number of hydrogen-bond acceptors (Lipinski definition) is 9. The highest BCUT2D eigenvalue weighted by molar-refractivity contribution is 7.99.